The molecule has 0 radical (unpaired) electrons. The van der Waals surface area contributed by atoms with E-state index in [2.05, 4.69) is 10.0 Å². The molecule has 0 aliphatic rings. The van der Waals surface area contributed by atoms with Crippen molar-refractivity contribution in [1.29, 1.82) is 0 Å². The van der Waals surface area contributed by atoms with E-state index >= 15 is 0 Å². The van der Waals surface area contributed by atoms with E-state index in [0.717, 1.165) is 5.56 Å². The maximum atomic E-state index is 12.3. The van der Waals surface area contributed by atoms with Gasteiger partial charge in [0.05, 0.1) is 10.6 Å². The molecule has 0 aliphatic heterocycles. The molecule has 0 aromatic heterocycles. The Morgan fingerprint density at radius 2 is 1.62 bits per heavy atom. The van der Waals surface area contributed by atoms with Gasteiger partial charge in [0.25, 0.3) is 15.9 Å². The number of anilines is 1. The molecule has 2 aromatic rings. The normalized spacial score (nSPS) is 11.0. The summed E-state index contributed by atoms with van der Waals surface area (Å²) in [5.74, 6) is -0.259. The minimum absolute atomic E-state index is 0.110. The van der Waals surface area contributed by atoms with Gasteiger partial charge >= 0.3 is 0 Å². The van der Waals surface area contributed by atoms with Crippen LogP contribution in [0.5, 0.6) is 0 Å². The Labute approximate surface area is 124 Å². The van der Waals surface area contributed by atoms with Crippen LogP contribution >= 0.6 is 0 Å². The Bertz CT molecular complexity index is 753. The fraction of sp³-hybridized carbons (Fsp3) is 0.133. The number of hydrogen-bond donors (Lipinski definition) is 2. The van der Waals surface area contributed by atoms with Crippen molar-refractivity contribution in [1.82, 2.24) is 5.32 Å². The van der Waals surface area contributed by atoms with E-state index in [0.29, 0.717) is 11.3 Å². The Hall–Kier alpha value is -2.34. The molecule has 21 heavy (non-hydrogen) atoms. The second kappa shape index (κ2) is 5.97. The van der Waals surface area contributed by atoms with Crippen molar-refractivity contribution >= 4 is 21.6 Å². The smallest absolute Gasteiger partial charge is 0.261 e. The Morgan fingerprint density at radius 1 is 1.00 bits per heavy atom. The van der Waals surface area contributed by atoms with Crippen molar-refractivity contribution in [2.24, 2.45) is 0 Å². The van der Waals surface area contributed by atoms with Crippen molar-refractivity contribution < 1.29 is 13.2 Å². The second-order valence-electron chi connectivity index (χ2n) is 4.52. The number of aryl methyl sites for hydroxylation is 1. The first-order chi connectivity index (χ1) is 9.94. The summed E-state index contributed by atoms with van der Waals surface area (Å²) in [7, 11) is -2.15. The molecular weight excluding hydrogens is 288 g/mol. The molecule has 2 rings (SSSR count). The van der Waals surface area contributed by atoms with Crippen LogP contribution in [0.15, 0.2) is 53.4 Å². The summed E-state index contributed by atoms with van der Waals surface area (Å²) >= 11 is 0. The fourth-order valence-electron chi connectivity index (χ4n) is 1.82. The molecule has 0 saturated carbocycles. The lowest BCUT2D eigenvalue weighted by molar-refractivity contribution is 0.0963. The second-order valence-corrected chi connectivity index (χ2v) is 6.21. The summed E-state index contributed by atoms with van der Waals surface area (Å²) in [4.78, 5) is 11.5. The van der Waals surface area contributed by atoms with Crippen LogP contribution in [0.3, 0.4) is 0 Å². The van der Waals surface area contributed by atoms with E-state index in [4.69, 9.17) is 0 Å². The van der Waals surface area contributed by atoms with Gasteiger partial charge in [0.2, 0.25) is 0 Å². The minimum Gasteiger partial charge on any atom is -0.355 e. The number of rotatable bonds is 4. The lowest BCUT2D eigenvalue weighted by atomic mass is 10.2. The third kappa shape index (κ3) is 3.41. The molecule has 0 fully saturated rings. The SMILES string of the molecule is CNC(=O)c1ccc(S(=O)(=O)Nc2ccccc2C)cc1. The molecule has 0 bridgehead atoms. The van der Waals surface area contributed by atoms with Crippen molar-refractivity contribution in [3.63, 3.8) is 0 Å². The summed E-state index contributed by atoms with van der Waals surface area (Å²) in [6.07, 6.45) is 0. The van der Waals surface area contributed by atoms with Gasteiger partial charge in [0, 0.05) is 12.6 Å². The van der Waals surface area contributed by atoms with Gasteiger partial charge in [-0.3, -0.25) is 9.52 Å². The van der Waals surface area contributed by atoms with E-state index in [-0.39, 0.29) is 10.8 Å². The zero-order chi connectivity index (χ0) is 15.5. The monoisotopic (exact) mass is 304 g/mol. The summed E-state index contributed by atoms with van der Waals surface area (Å²) < 4.78 is 27.1. The minimum atomic E-state index is -3.67. The Morgan fingerprint density at radius 3 is 2.19 bits per heavy atom. The topological polar surface area (TPSA) is 75.3 Å². The Balaban J connectivity index is 2.28. The van der Waals surface area contributed by atoms with Crippen LogP contribution in [0.25, 0.3) is 0 Å². The lowest BCUT2D eigenvalue weighted by Crippen LogP contribution is -2.18. The third-order valence-electron chi connectivity index (χ3n) is 3.04. The van der Waals surface area contributed by atoms with Crippen LogP contribution in [-0.2, 0) is 10.0 Å². The molecule has 2 aromatic carbocycles. The molecular formula is C15H16N2O3S. The van der Waals surface area contributed by atoms with E-state index in [1.165, 1.54) is 31.3 Å². The molecule has 0 aliphatic carbocycles. The molecule has 0 spiro atoms. The molecule has 6 heteroatoms. The highest BCUT2D eigenvalue weighted by Gasteiger charge is 2.15. The maximum Gasteiger partial charge on any atom is 0.261 e. The highest BCUT2D eigenvalue weighted by Crippen LogP contribution is 2.19. The number of benzene rings is 2. The van der Waals surface area contributed by atoms with Crippen molar-refractivity contribution in [3.05, 3.63) is 59.7 Å². The average Bonchev–Trinajstić information content (AvgIpc) is 2.49. The first kappa shape index (κ1) is 15.1. The number of carbonyl (C=O) groups is 1. The van der Waals surface area contributed by atoms with Gasteiger partial charge in [-0.1, -0.05) is 18.2 Å². The molecule has 0 atom stereocenters. The molecule has 0 saturated heterocycles. The predicted molar refractivity (Wildman–Crippen MR) is 81.8 cm³/mol. The van der Waals surface area contributed by atoms with Crippen LogP contribution in [0.4, 0.5) is 5.69 Å². The quantitative estimate of drug-likeness (QED) is 0.909. The standard InChI is InChI=1S/C15H16N2O3S/c1-11-5-3-4-6-14(11)17-21(19,20)13-9-7-12(8-10-13)15(18)16-2/h3-10,17H,1-2H3,(H,16,18). The molecule has 1 amide bonds. The van der Waals surface area contributed by atoms with Gasteiger partial charge in [-0.05, 0) is 42.8 Å². The average molecular weight is 304 g/mol. The third-order valence-corrected chi connectivity index (χ3v) is 4.42. The maximum absolute atomic E-state index is 12.3. The van der Waals surface area contributed by atoms with E-state index in [1.54, 1.807) is 12.1 Å². The van der Waals surface area contributed by atoms with Gasteiger partial charge in [-0.2, -0.15) is 0 Å². The van der Waals surface area contributed by atoms with E-state index in [1.807, 2.05) is 19.1 Å². The van der Waals surface area contributed by atoms with Gasteiger partial charge < -0.3 is 5.32 Å². The zero-order valence-electron chi connectivity index (χ0n) is 11.8. The first-order valence-electron chi connectivity index (χ1n) is 6.34. The molecule has 0 heterocycles. The highest BCUT2D eigenvalue weighted by atomic mass is 32.2. The highest BCUT2D eigenvalue weighted by molar-refractivity contribution is 7.92. The van der Waals surface area contributed by atoms with E-state index < -0.39 is 10.0 Å². The molecule has 2 N–H and O–H groups in total. The van der Waals surface area contributed by atoms with Crippen LogP contribution in [0.1, 0.15) is 15.9 Å². The first-order valence-corrected chi connectivity index (χ1v) is 7.83. The Kier molecular flexibility index (Phi) is 4.28. The van der Waals surface area contributed by atoms with E-state index in [9.17, 15) is 13.2 Å². The summed E-state index contributed by atoms with van der Waals surface area (Å²) in [6, 6.07) is 12.9. The summed E-state index contributed by atoms with van der Waals surface area (Å²) in [5, 5.41) is 2.48. The predicted octanol–water partition coefficient (Wildman–Crippen LogP) is 2.16. The van der Waals surface area contributed by atoms with Gasteiger partial charge in [0.1, 0.15) is 0 Å². The largest absolute Gasteiger partial charge is 0.355 e. The number of nitrogens with one attached hydrogen (secondary N) is 2. The van der Waals surface area contributed by atoms with Crippen molar-refractivity contribution in [2.45, 2.75) is 11.8 Å². The van der Waals surface area contributed by atoms with Crippen molar-refractivity contribution in [2.75, 3.05) is 11.8 Å². The fourth-order valence-corrected chi connectivity index (χ4v) is 2.95. The van der Waals surface area contributed by atoms with Gasteiger partial charge in [0.15, 0.2) is 0 Å². The molecule has 5 nitrogen and oxygen atoms in total. The zero-order valence-corrected chi connectivity index (χ0v) is 12.6. The number of amides is 1. The van der Waals surface area contributed by atoms with Crippen molar-refractivity contribution in [3.8, 4) is 0 Å². The summed E-state index contributed by atoms with van der Waals surface area (Å²) in [6.45, 7) is 1.83. The summed E-state index contributed by atoms with van der Waals surface area (Å²) in [5.41, 5.74) is 1.78. The van der Waals surface area contributed by atoms with Crippen LogP contribution in [0, 0.1) is 6.92 Å². The van der Waals surface area contributed by atoms with Gasteiger partial charge in [-0.25, -0.2) is 8.42 Å². The van der Waals surface area contributed by atoms with Gasteiger partial charge in [-0.15, -0.1) is 0 Å². The lowest BCUT2D eigenvalue weighted by Gasteiger charge is -2.10. The molecule has 0 unspecified atom stereocenters. The number of carbonyl (C=O) groups excluding carboxylic acids is 1. The van der Waals surface area contributed by atoms with Crippen LogP contribution in [0.2, 0.25) is 0 Å². The van der Waals surface area contributed by atoms with Crippen LogP contribution < -0.4 is 10.0 Å². The number of para-hydroxylation sites is 1. The number of sulfonamides is 1. The molecule has 110 valence electrons. The number of hydrogen-bond acceptors (Lipinski definition) is 3. The van der Waals surface area contributed by atoms with Crippen LogP contribution in [-0.4, -0.2) is 21.4 Å².